The zero-order chi connectivity index (χ0) is 29.5. The minimum Gasteiger partial charge on any atom is -0.456 e. The lowest BCUT2D eigenvalue weighted by Gasteiger charge is -2.23. The number of ether oxygens (including phenoxy) is 1. The summed E-state index contributed by atoms with van der Waals surface area (Å²) in [4.78, 5) is 0. The number of benzene rings is 9. The van der Waals surface area contributed by atoms with E-state index in [2.05, 4.69) is 152 Å². The minimum atomic E-state index is 0.911. The van der Waals surface area contributed by atoms with Crippen LogP contribution in [-0.2, 0) is 0 Å². The lowest BCUT2D eigenvalue weighted by Crippen LogP contribution is -1.98. The van der Waals surface area contributed by atoms with E-state index >= 15 is 0 Å². The Balaban J connectivity index is 1.35. The zero-order valence-electron chi connectivity index (χ0n) is 24.4. The molecule has 0 aliphatic carbocycles. The quantitative estimate of drug-likeness (QED) is 0.148. The van der Waals surface area contributed by atoms with Crippen LogP contribution in [0.3, 0.4) is 0 Å². The van der Waals surface area contributed by atoms with Crippen LogP contribution in [0.2, 0.25) is 0 Å². The molecule has 0 fully saturated rings. The van der Waals surface area contributed by atoms with Crippen molar-refractivity contribution < 1.29 is 4.74 Å². The third-order valence-corrected chi connectivity index (χ3v) is 9.64. The molecular formula is C44H26O. The van der Waals surface area contributed by atoms with E-state index in [0.29, 0.717) is 0 Å². The van der Waals surface area contributed by atoms with Crippen molar-refractivity contribution in [2.45, 2.75) is 0 Å². The van der Waals surface area contributed by atoms with E-state index in [0.717, 1.165) is 17.1 Å². The Labute approximate surface area is 260 Å². The summed E-state index contributed by atoms with van der Waals surface area (Å²) >= 11 is 0. The van der Waals surface area contributed by atoms with Crippen molar-refractivity contribution >= 4 is 53.9 Å². The van der Waals surface area contributed by atoms with Crippen LogP contribution < -0.4 is 4.74 Å². The zero-order valence-corrected chi connectivity index (χ0v) is 24.4. The van der Waals surface area contributed by atoms with Gasteiger partial charge in [-0.15, -0.1) is 0 Å². The van der Waals surface area contributed by atoms with Crippen molar-refractivity contribution in [1.82, 2.24) is 0 Å². The molecule has 1 aliphatic rings. The first-order valence-corrected chi connectivity index (χ1v) is 15.5. The fraction of sp³-hybridized carbons (Fsp3) is 0. The molecule has 0 radical (unpaired) electrons. The van der Waals surface area contributed by atoms with Gasteiger partial charge in [0.15, 0.2) is 0 Å². The van der Waals surface area contributed by atoms with Crippen molar-refractivity contribution in [3.8, 4) is 44.9 Å². The third kappa shape index (κ3) is 3.50. The largest absolute Gasteiger partial charge is 0.456 e. The van der Waals surface area contributed by atoms with Crippen LogP contribution in [0.15, 0.2) is 158 Å². The molecule has 9 aromatic rings. The highest BCUT2D eigenvalue weighted by Gasteiger charge is 2.23. The molecule has 1 aliphatic heterocycles. The van der Waals surface area contributed by atoms with Gasteiger partial charge in [-0.25, -0.2) is 0 Å². The average molecular weight is 571 g/mol. The summed E-state index contributed by atoms with van der Waals surface area (Å²) in [6.07, 6.45) is 0. The molecule has 0 amide bonds. The van der Waals surface area contributed by atoms with E-state index < -0.39 is 0 Å². The molecule has 9 aromatic carbocycles. The second kappa shape index (κ2) is 9.29. The van der Waals surface area contributed by atoms with Crippen molar-refractivity contribution in [3.63, 3.8) is 0 Å². The summed E-state index contributed by atoms with van der Waals surface area (Å²) < 4.78 is 6.44. The molecule has 1 nitrogen and oxygen atoms in total. The Morgan fingerprint density at radius 1 is 0.289 bits per heavy atom. The normalized spacial score (nSPS) is 12.2. The number of hydrogen-bond donors (Lipinski definition) is 0. The fourth-order valence-corrected chi connectivity index (χ4v) is 7.69. The first kappa shape index (κ1) is 24.5. The van der Waals surface area contributed by atoms with Crippen LogP contribution in [0.5, 0.6) is 11.5 Å². The van der Waals surface area contributed by atoms with Gasteiger partial charge in [0, 0.05) is 10.9 Å². The molecule has 1 heterocycles. The highest BCUT2D eigenvalue weighted by molar-refractivity contribution is 6.26. The minimum absolute atomic E-state index is 0.911. The van der Waals surface area contributed by atoms with Gasteiger partial charge in [0.2, 0.25) is 0 Å². The summed E-state index contributed by atoms with van der Waals surface area (Å²) in [5.41, 5.74) is 7.36. The van der Waals surface area contributed by atoms with Crippen LogP contribution in [0, 0.1) is 0 Å². The monoisotopic (exact) mass is 570 g/mol. The van der Waals surface area contributed by atoms with Crippen LogP contribution in [-0.4, -0.2) is 0 Å². The summed E-state index contributed by atoms with van der Waals surface area (Å²) in [7, 11) is 0. The maximum Gasteiger partial charge on any atom is 0.135 e. The second-order valence-corrected chi connectivity index (χ2v) is 12.0. The van der Waals surface area contributed by atoms with Crippen molar-refractivity contribution in [2.24, 2.45) is 0 Å². The summed E-state index contributed by atoms with van der Waals surface area (Å²) in [5, 5.41) is 12.5. The Morgan fingerprint density at radius 3 is 1.80 bits per heavy atom. The Kier molecular flexibility index (Phi) is 5.06. The molecule has 0 bridgehead atoms. The highest BCUT2D eigenvalue weighted by Crippen LogP contribution is 2.50. The predicted molar refractivity (Wildman–Crippen MR) is 190 cm³/mol. The van der Waals surface area contributed by atoms with Gasteiger partial charge < -0.3 is 4.74 Å². The fourth-order valence-electron chi connectivity index (χ4n) is 7.69. The first-order valence-electron chi connectivity index (χ1n) is 15.5. The van der Waals surface area contributed by atoms with Crippen LogP contribution in [0.1, 0.15) is 0 Å². The predicted octanol–water partition coefficient (Wildman–Crippen LogP) is 12.6. The van der Waals surface area contributed by atoms with Crippen molar-refractivity contribution in [2.75, 3.05) is 0 Å². The molecule has 0 saturated heterocycles. The summed E-state index contributed by atoms with van der Waals surface area (Å²) in [6, 6.07) is 57.4. The smallest absolute Gasteiger partial charge is 0.135 e. The molecule has 0 atom stereocenters. The van der Waals surface area contributed by atoms with Gasteiger partial charge in [-0.1, -0.05) is 140 Å². The van der Waals surface area contributed by atoms with Gasteiger partial charge in [-0.05, 0) is 94.5 Å². The lowest BCUT2D eigenvalue weighted by atomic mass is 9.84. The molecular weight excluding hydrogens is 544 g/mol. The molecule has 0 saturated carbocycles. The number of rotatable bonds is 2. The Hall–Kier alpha value is -5.92. The summed E-state index contributed by atoms with van der Waals surface area (Å²) in [5.74, 6) is 1.82. The van der Waals surface area contributed by atoms with Gasteiger partial charge in [0.05, 0.1) is 0 Å². The van der Waals surface area contributed by atoms with Crippen LogP contribution in [0.4, 0.5) is 0 Å². The molecule has 1 heteroatoms. The van der Waals surface area contributed by atoms with Gasteiger partial charge >= 0.3 is 0 Å². The first-order chi connectivity index (χ1) is 22.3. The molecule has 0 unspecified atom stereocenters. The molecule has 0 spiro atoms. The average Bonchev–Trinajstić information content (AvgIpc) is 3.10. The second-order valence-electron chi connectivity index (χ2n) is 12.0. The van der Waals surface area contributed by atoms with Crippen LogP contribution >= 0.6 is 0 Å². The van der Waals surface area contributed by atoms with Crippen molar-refractivity contribution in [3.05, 3.63) is 158 Å². The van der Waals surface area contributed by atoms with Gasteiger partial charge in [0.25, 0.3) is 0 Å². The van der Waals surface area contributed by atoms with E-state index in [-0.39, 0.29) is 0 Å². The van der Waals surface area contributed by atoms with E-state index in [1.54, 1.807) is 0 Å². The number of fused-ring (bicyclic) bond motifs is 7. The lowest BCUT2D eigenvalue weighted by molar-refractivity contribution is 0.487. The van der Waals surface area contributed by atoms with Gasteiger partial charge in [-0.2, -0.15) is 0 Å². The number of para-hydroxylation sites is 1. The standard InChI is InChI=1S/C44H26O/c1-3-13-30-27(10-1)12-7-17-35(30)44-38-20-8-16-32(39(38)26-29-23-22-28-11-2-4-14-31(28)42(29)44)33-24-25-41-43-36(33)18-9-19-37(43)34-15-5-6-21-40(34)45-41/h1-26H. The van der Waals surface area contributed by atoms with E-state index in [4.69, 9.17) is 4.74 Å². The van der Waals surface area contributed by atoms with E-state index in [9.17, 15) is 0 Å². The number of hydrogen-bond acceptors (Lipinski definition) is 1. The maximum absolute atomic E-state index is 6.44. The Morgan fingerprint density at radius 2 is 0.889 bits per heavy atom. The van der Waals surface area contributed by atoms with Crippen LogP contribution in [0.25, 0.3) is 87.2 Å². The van der Waals surface area contributed by atoms with Gasteiger partial charge in [0.1, 0.15) is 11.5 Å². The molecule has 208 valence electrons. The maximum atomic E-state index is 6.44. The molecule has 0 aromatic heterocycles. The van der Waals surface area contributed by atoms with E-state index in [1.807, 2.05) is 6.07 Å². The molecule has 10 rings (SSSR count). The van der Waals surface area contributed by atoms with Gasteiger partial charge in [-0.3, -0.25) is 0 Å². The van der Waals surface area contributed by atoms with Crippen molar-refractivity contribution in [1.29, 1.82) is 0 Å². The highest BCUT2D eigenvalue weighted by atomic mass is 16.5. The summed E-state index contributed by atoms with van der Waals surface area (Å²) in [6.45, 7) is 0. The molecule has 0 N–H and O–H groups in total. The molecule has 45 heavy (non-hydrogen) atoms. The third-order valence-electron chi connectivity index (χ3n) is 9.64. The SMILES string of the molecule is c1ccc2c(c1)Oc1ccc(-c3cccc4c(-c5cccc6ccccc56)c5c(ccc6ccccc65)cc34)c3cccc-2c13. The Bertz CT molecular complexity index is 2670. The van der Waals surface area contributed by atoms with E-state index in [1.165, 1.54) is 81.7 Å². The topological polar surface area (TPSA) is 9.23 Å².